The second kappa shape index (κ2) is 11.6. The van der Waals surface area contributed by atoms with E-state index in [1.165, 1.54) is 5.69 Å². The lowest BCUT2D eigenvalue weighted by atomic mass is 10.2. The number of terminal acetylenes is 1. The molecule has 0 atom stereocenters. The summed E-state index contributed by atoms with van der Waals surface area (Å²) in [5.41, 5.74) is 3.25. The Balaban J connectivity index is 1.92. The Morgan fingerprint density at radius 1 is 1.24 bits per heavy atom. The molecule has 0 fully saturated rings. The van der Waals surface area contributed by atoms with Crippen LogP contribution < -0.4 is 20.1 Å². The maximum atomic E-state index is 5.56. The molecule has 156 valence electrons. The van der Waals surface area contributed by atoms with Gasteiger partial charge in [-0.15, -0.1) is 6.42 Å². The van der Waals surface area contributed by atoms with Crippen molar-refractivity contribution in [2.45, 2.75) is 40.3 Å². The first-order chi connectivity index (χ1) is 14.1. The van der Waals surface area contributed by atoms with Crippen LogP contribution in [0.2, 0.25) is 0 Å². The van der Waals surface area contributed by atoms with E-state index >= 15 is 0 Å². The number of guanidine groups is 1. The molecule has 0 radical (unpaired) electrons. The highest BCUT2D eigenvalue weighted by Crippen LogP contribution is 2.28. The molecule has 0 aliphatic carbocycles. The molecule has 1 heterocycles. The maximum absolute atomic E-state index is 5.56. The van der Waals surface area contributed by atoms with Gasteiger partial charge in [0.05, 0.1) is 19.3 Å². The molecule has 2 rings (SSSR count). The molecule has 0 aliphatic rings. The number of aromatic nitrogens is 2. The van der Waals surface area contributed by atoms with E-state index in [0.717, 1.165) is 43.3 Å². The van der Waals surface area contributed by atoms with Gasteiger partial charge in [-0.05, 0) is 51.0 Å². The van der Waals surface area contributed by atoms with E-state index in [4.69, 9.17) is 15.9 Å². The third-order valence-electron chi connectivity index (χ3n) is 4.25. The van der Waals surface area contributed by atoms with Gasteiger partial charge in [0.15, 0.2) is 17.5 Å². The molecule has 0 spiro atoms. The van der Waals surface area contributed by atoms with E-state index in [1.807, 2.05) is 36.7 Å². The van der Waals surface area contributed by atoms with Gasteiger partial charge in [0, 0.05) is 25.3 Å². The monoisotopic (exact) mass is 397 g/mol. The molecule has 7 heteroatoms. The Hall–Kier alpha value is -3.14. The Morgan fingerprint density at radius 3 is 2.72 bits per heavy atom. The van der Waals surface area contributed by atoms with Crippen LogP contribution in [0.1, 0.15) is 30.3 Å². The van der Waals surface area contributed by atoms with Gasteiger partial charge < -0.3 is 20.1 Å². The molecule has 2 aromatic rings. The van der Waals surface area contributed by atoms with Crippen LogP contribution in [0.15, 0.2) is 29.3 Å². The average molecular weight is 398 g/mol. The van der Waals surface area contributed by atoms with Crippen molar-refractivity contribution >= 4 is 5.96 Å². The van der Waals surface area contributed by atoms with Gasteiger partial charge >= 0.3 is 0 Å². The SMILES string of the molecule is C#CCOc1cc(CN=C(NCC)NCCCn2nc(C)cc2C)ccc1OC. The molecule has 2 N–H and O–H groups in total. The van der Waals surface area contributed by atoms with Gasteiger partial charge in [0.1, 0.15) is 6.61 Å². The van der Waals surface area contributed by atoms with E-state index in [-0.39, 0.29) is 6.61 Å². The molecule has 0 unspecified atom stereocenters. The van der Waals surface area contributed by atoms with Crippen LogP contribution in [0.4, 0.5) is 0 Å². The van der Waals surface area contributed by atoms with Crippen molar-refractivity contribution in [1.29, 1.82) is 0 Å². The zero-order valence-electron chi connectivity index (χ0n) is 17.8. The van der Waals surface area contributed by atoms with Crippen molar-refractivity contribution in [3.8, 4) is 23.8 Å². The number of aryl methyl sites for hydroxylation is 3. The van der Waals surface area contributed by atoms with Crippen molar-refractivity contribution in [3.63, 3.8) is 0 Å². The summed E-state index contributed by atoms with van der Waals surface area (Å²) >= 11 is 0. The van der Waals surface area contributed by atoms with E-state index in [0.29, 0.717) is 18.0 Å². The largest absolute Gasteiger partial charge is 0.493 e. The summed E-state index contributed by atoms with van der Waals surface area (Å²) in [6, 6.07) is 7.84. The molecule has 0 saturated heterocycles. The van der Waals surface area contributed by atoms with Gasteiger partial charge in [-0.2, -0.15) is 5.10 Å². The molecule has 7 nitrogen and oxygen atoms in total. The van der Waals surface area contributed by atoms with Gasteiger partial charge in [0.25, 0.3) is 0 Å². The summed E-state index contributed by atoms with van der Waals surface area (Å²) in [4.78, 5) is 4.66. The predicted molar refractivity (Wildman–Crippen MR) is 116 cm³/mol. The zero-order valence-corrected chi connectivity index (χ0v) is 17.8. The fraction of sp³-hybridized carbons (Fsp3) is 0.455. The molecule has 1 aromatic carbocycles. The third-order valence-corrected chi connectivity index (χ3v) is 4.25. The van der Waals surface area contributed by atoms with Crippen molar-refractivity contribution in [2.24, 2.45) is 4.99 Å². The van der Waals surface area contributed by atoms with Gasteiger partial charge in [-0.25, -0.2) is 4.99 Å². The van der Waals surface area contributed by atoms with Crippen LogP contribution in [0.5, 0.6) is 11.5 Å². The van der Waals surface area contributed by atoms with Crippen LogP contribution in [-0.2, 0) is 13.1 Å². The molecule has 1 aromatic heterocycles. The highest BCUT2D eigenvalue weighted by Gasteiger charge is 2.06. The number of ether oxygens (including phenoxy) is 2. The number of rotatable bonds is 10. The zero-order chi connectivity index (χ0) is 21.1. The van der Waals surface area contributed by atoms with Crippen LogP contribution in [0, 0.1) is 26.2 Å². The fourth-order valence-corrected chi connectivity index (χ4v) is 2.90. The second-order valence-electron chi connectivity index (χ2n) is 6.60. The predicted octanol–water partition coefficient (Wildman–Crippen LogP) is 2.67. The number of nitrogens with one attached hydrogen (secondary N) is 2. The summed E-state index contributed by atoms with van der Waals surface area (Å²) in [6.07, 6.45) is 6.24. The molecule has 0 amide bonds. The number of methoxy groups -OCH3 is 1. The number of nitrogens with zero attached hydrogens (tertiary/aromatic N) is 3. The Kier molecular flexibility index (Phi) is 8.90. The van der Waals surface area contributed by atoms with Crippen LogP contribution in [-0.4, -0.2) is 42.5 Å². The third kappa shape index (κ3) is 7.07. The lowest BCUT2D eigenvalue weighted by Gasteiger charge is -2.13. The lowest BCUT2D eigenvalue weighted by Crippen LogP contribution is -2.38. The van der Waals surface area contributed by atoms with Crippen LogP contribution >= 0.6 is 0 Å². The van der Waals surface area contributed by atoms with E-state index in [9.17, 15) is 0 Å². The number of benzene rings is 1. The number of hydrogen-bond acceptors (Lipinski definition) is 4. The first kappa shape index (κ1) is 22.2. The smallest absolute Gasteiger partial charge is 0.191 e. The van der Waals surface area contributed by atoms with Gasteiger partial charge in [-0.3, -0.25) is 4.68 Å². The molecule has 0 aliphatic heterocycles. The quantitative estimate of drug-likeness (QED) is 0.279. The van der Waals surface area contributed by atoms with E-state index < -0.39 is 0 Å². The van der Waals surface area contributed by atoms with E-state index in [2.05, 4.69) is 39.6 Å². The molecular formula is C22H31N5O2. The van der Waals surface area contributed by atoms with Crippen LogP contribution in [0.25, 0.3) is 0 Å². The van der Waals surface area contributed by atoms with Crippen molar-refractivity contribution < 1.29 is 9.47 Å². The molecule has 0 saturated carbocycles. The lowest BCUT2D eigenvalue weighted by molar-refractivity contribution is 0.330. The van der Waals surface area contributed by atoms with Crippen molar-refractivity contribution in [3.05, 3.63) is 41.2 Å². The minimum atomic E-state index is 0.197. The number of aliphatic imine (C=N–C) groups is 1. The van der Waals surface area contributed by atoms with Crippen molar-refractivity contribution in [1.82, 2.24) is 20.4 Å². The summed E-state index contributed by atoms with van der Waals surface area (Å²) in [5.74, 6) is 4.53. The summed E-state index contributed by atoms with van der Waals surface area (Å²) in [6.45, 7) is 9.33. The molecule has 29 heavy (non-hydrogen) atoms. The maximum Gasteiger partial charge on any atom is 0.191 e. The van der Waals surface area contributed by atoms with Gasteiger partial charge in [0.2, 0.25) is 0 Å². The Labute approximate surface area is 173 Å². The minimum absolute atomic E-state index is 0.197. The topological polar surface area (TPSA) is 72.7 Å². The standard InChI is InChI=1S/C22H31N5O2/c1-6-13-29-21-15-19(9-10-20(21)28-5)16-25-22(23-7-2)24-11-8-12-27-18(4)14-17(3)26-27/h1,9-10,14-15H,7-8,11-13,16H2,2-5H3,(H2,23,24,25). The molecule has 0 bridgehead atoms. The summed E-state index contributed by atoms with van der Waals surface area (Å²) < 4.78 is 12.9. The van der Waals surface area contributed by atoms with Crippen LogP contribution in [0.3, 0.4) is 0 Å². The van der Waals surface area contributed by atoms with E-state index in [1.54, 1.807) is 7.11 Å². The normalized spacial score (nSPS) is 11.1. The highest BCUT2D eigenvalue weighted by atomic mass is 16.5. The summed E-state index contributed by atoms with van der Waals surface area (Å²) in [7, 11) is 1.61. The minimum Gasteiger partial charge on any atom is -0.493 e. The second-order valence-corrected chi connectivity index (χ2v) is 6.60. The summed E-state index contributed by atoms with van der Waals surface area (Å²) in [5, 5.41) is 11.1. The molecular weight excluding hydrogens is 366 g/mol. The number of hydrogen-bond donors (Lipinski definition) is 2. The highest BCUT2D eigenvalue weighted by molar-refractivity contribution is 5.79. The Morgan fingerprint density at radius 2 is 2.07 bits per heavy atom. The fourth-order valence-electron chi connectivity index (χ4n) is 2.90. The Bertz CT molecular complexity index is 851. The average Bonchev–Trinajstić information content (AvgIpc) is 3.04. The van der Waals surface area contributed by atoms with Crippen molar-refractivity contribution in [2.75, 3.05) is 26.8 Å². The first-order valence-corrected chi connectivity index (χ1v) is 9.83. The van der Waals surface area contributed by atoms with Gasteiger partial charge in [-0.1, -0.05) is 12.0 Å². The first-order valence-electron chi connectivity index (χ1n) is 9.83.